The van der Waals surface area contributed by atoms with Crippen molar-refractivity contribution in [3.05, 3.63) is 60.3 Å². The number of H-pyrrole nitrogens is 1. The summed E-state index contributed by atoms with van der Waals surface area (Å²) in [5.41, 5.74) is 3.93. The minimum Gasteiger partial charge on any atom is -0.361 e. The summed E-state index contributed by atoms with van der Waals surface area (Å²) in [6, 6.07) is 12.2. The lowest BCUT2D eigenvalue weighted by Gasteiger charge is -2.10. The van der Waals surface area contributed by atoms with Gasteiger partial charge in [0.25, 0.3) is 0 Å². The molecule has 0 amide bonds. The highest BCUT2D eigenvalue weighted by molar-refractivity contribution is 7.21. The zero-order chi connectivity index (χ0) is 20.0. The summed E-state index contributed by atoms with van der Waals surface area (Å²) in [7, 11) is 1.80. The number of imidazole rings is 1. The molecule has 0 radical (unpaired) electrons. The number of thiophene rings is 1. The first-order valence-electron chi connectivity index (χ1n) is 8.82. The third-order valence-electron chi connectivity index (χ3n) is 4.92. The van der Waals surface area contributed by atoms with Gasteiger partial charge in [0.05, 0.1) is 28.0 Å². The topological polar surface area (TPSA) is 99.4 Å². The van der Waals surface area contributed by atoms with E-state index in [0.717, 1.165) is 43.7 Å². The first kappa shape index (κ1) is 17.2. The molecule has 0 saturated carbocycles. The third kappa shape index (κ3) is 2.68. The van der Waals surface area contributed by atoms with Gasteiger partial charge >= 0.3 is 0 Å². The molecule has 4 aromatic heterocycles. The lowest BCUT2D eigenvalue weighted by molar-refractivity contribution is 0.111. The summed E-state index contributed by atoms with van der Waals surface area (Å²) in [4.78, 5) is 24.7. The second kappa shape index (κ2) is 6.58. The highest BCUT2D eigenvalue weighted by Crippen LogP contribution is 2.39. The molecule has 5 aromatic rings. The third-order valence-corrected chi connectivity index (χ3v) is 5.98. The predicted molar refractivity (Wildman–Crippen MR) is 114 cm³/mol. The zero-order valence-electron chi connectivity index (χ0n) is 15.3. The number of hydrogen-bond donors (Lipinski definition) is 2. The van der Waals surface area contributed by atoms with Crippen LogP contribution in [0.25, 0.3) is 31.7 Å². The van der Waals surface area contributed by atoms with Gasteiger partial charge in [0.15, 0.2) is 12.1 Å². The Morgan fingerprint density at radius 3 is 2.93 bits per heavy atom. The van der Waals surface area contributed by atoms with Gasteiger partial charge < -0.3 is 14.9 Å². The van der Waals surface area contributed by atoms with Gasteiger partial charge in [0, 0.05) is 41.4 Å². The molecule has 7 nitrogen and oxygen atoms in total. The first-order chi connectivity index (χ1) is 14.2. The molecule has 0 saturated heterocycles. The quantitative estimate of drug-likeness (QED) is 0.431. The van der Waals surface area contributed by atoms with Crippen molar-refractivity contribution in [2.24, 2.45) is 7.05 Å². The number of fused-ring (bicyclic) bond motifs is 2. The first-order valence-corrected chi connectivity index (χ1v) is 9.64. The normalized spacial score (nSPS) is 11.0. The van der Waals surface area contributed by atoms with Crippen molar-refractivity contribution in [3.8, 4) is 16.6 Å². The standard InChI is InChI=1S/C21H14N6OS/c1-27-17(10-24-19(27)11-28)18-7-14-20(12(8-22)9-25-21(14)29-18)26-16-4-2-3-15-13(16)5-6-23-15/h2-7,9-11,23H,1H3,(H,25,26). The molecular weight excluding hydrogens is 384 g/mol. The van der Waals surface area contributed by atoms with Crippen molar-refractivity contribution in [1.82, 2.24) is 19.5 Å². The van der Waals surface area contributed by atoms with Crippen LogP contribution < -0.4 is 5.32 Å². The number of anilines is 2. The highest BCUT2D eigenvalue weighted by Gasteiger charge is 2.17. The van der Waals surface area contributed by atoms with Crippen molar-refractivity contribution in [2.75, 3.05) is 5.32 Å². The smallest absolute Gasteiger partial charge is 0.185 e. The lowest BCUT2D eigenvalue weighted by Crippen LogP contribution is -1.97. The maximum absolute atomic E-state index is 11.1. The fourth-order valence-corrected chi connectivity index (χ4v) is 4.48. The summed E-state index contributed by atoms with van der Waals surface area (Å²) in [6.07, 6.45) is 5.88. The average Bonchev–Trinajstić information content (AvgIpc) is 3.45. The second-order valence-electron chi connectivity index (χ2n) is 6.54. The summed E-state index contributed by atoms with van der Waals surface area (Å²) >= 11 is 1.49. The van der Waals surface area contributed by atoms with Gasteiger partial charge in [0.1, 0.15) is 10.9 Å². The number of rotatable bonds is 4. The Morgan fingerprint density at radius 1 is 1.24 bits per heavy atom. The van der Waals surface area contributed by atoms with Gasteiger partial charge in [0.2, 0.25) is 0 Å². The molecule has 0 bridgehead atoms. The number of aldehydes is 1. The van der Waals surface area contributed by atoms with Crippen molar-refractivity contribution >= 4 is 50.1 Å². The van der Waals surface area contributed by atoms with Gasteiger partial charge in [-0.05, 0) is 24.3 Å². The van der Waals surface area contributed by atoms with Gasteiger partial charge in [-0.15, -0.1) is 11.3 Å². The van der Waals surface area contributed by atoms with E-state index in [1.165, 1.54) is 11.3 Å². The summed E-state index contributed by atoms with van der Waals surface area (Å²) in [5.74, 6) is 0.362. The number of benzene rings is 1. The largest absolute Gasteiger partial charge is 0.361 e. The molecule has 0 aliphatic heterocycles. The fourth-order valence-electron chi connectivity index (χ4n) is 3.43. The monoisotopic (exact) mass is 398 g/mol. The number of nitrogens with one attached hydrogen (secondary N) is 2. The van der Waals surface area contributed by atoms with Crippen molar-refractivity contribution in [2.45, 2.75) is 0 Å². The average molecular weight is 398 g/mol. The minimum absolute atomic E-state index is 0.362. The number of nitriles is 1. The van der Waals surface area contributed by atoms with E-state index in [-0.39, 0.29) is 0 Å². The molecule has 140 valence electrons. The molecule has 0 atom stereocenters. The summed E-state index contributed by atoms with van der Waals surface area (Å²) < 4.78 is 1.75. The van der Waals surface area contributed by atoms with Gasteiger partial charge in [-0.2, -0.15) is 5.26 Å². The van der Waals surface area contributed by atoms with Crippen LogP contribution >= 0.6 is 11.3 Å². The number of aromatic nitrogens is 4. The minimum atomic E-state index is 0.362. The van der Waals surface area contributed by atoms with Crippen LogP contribution in [0.4, 0.5) is 11.4 Å². The van der Waals surface area contributed by atoms with Crippen LogP contribution in [0, 0.1) is 11.3 Å². The number of hydrogen-bond acceptors (Lipinski definition) is 6. The van der Waals surface area contributed by atoms with E-state index in [1.54, 1.807) is 24.0 Å². The van der Waals surface area contributed by atoms with E-state index in [1.807, 2.05) is 36.5 Å². The van der Waals surface area contributed by atoms with E-state index in [9.17, 15) is 10.1 Å². The van der Waals surface area contributed by atoms with Crippen LogP contribution in [-0.4, -0.2) is 25.8 Å². The summed E-state index contributed by atoms with van der Waals surface area (Å²) in [6.45, 7) is 0. The van der Waals surface area contributed by atoms with Crippen LogP contribution in [0.1, 0.15) is 16.2 Å². The highest BCUT2D eigenvalue weighted by atomic mass is 32.1. The Bertz CT molecular complexity index is 1430. The van der Waals surface area contributed by atoms with Crippen molar-refractivity contribution in [3.63, 3.8) is 0 Å². The molecule has 8 heteroatoms. The van der Waals surface area contributed by atoms with E-state index >= 15 is 0 Å². The molecule has 0 spiro atoms. The van der Waals surface area contributed by atoms with Crippen LogP contribution in [-0.2, 0) is 7.05 Å². The lowest BCUT2D eigenvalue weighted by atomic mass is 10.1. The number of carbonyl (C=O) groups is 1. The van der Waals surface area contributed by atoms with Crippen LogP contribution in [0.3, 0.4) is 0 Å². The maximum atomic E-state index is 11.1. The Balaban J connectivity index is 1.69. The molecule has 0 aliphatic rings. The molecule has 0 unspecified atom stereocenters. The van der Waals surface area contributed by atoms with Gasteiger partial charge in [-0.3, -0.25) is 4.79 Å². The SMILES string of the molecule is Cn1c(-c2cc3c(Nc4cccc5[nH]ccc45)c(C#N)cnc3s2)cnc1C=O. The predicted octanol–water partition coefficient (Wildman–Crippen LogP) is 4.61. The number of aromatic amines is 1. The molecule has 0 fully saturated rings. The van der Waals surface area contributed by atoms with Crippen LogP contribution in [0.2, 0.25) is 0 Å². The van der Waals surface area contributed by atoms with Gasteiger partial charge in [-0.25, -0.2) is 9.97 Å². The molecule has 0 aliphatic carbocycles. The fraction of sp³-hybridized carbons (Fsp3) is 0.0476. The van der Waals surface area contributed by atoms with Crippen molar-refractivity contribution in [1.29, 1.82) is 5.26 Å². The van der Waals surface area contributed by atoms with E-state index in [2.05, 4.69) is 26.3 Å². The van der Waals surface area contributed by atoms with E-state index in [4.69, 9.17) is 0 Å². The van der Waals surface area contributed by atoms with Crippen molar-refractivity contribution < 1.29 is 4.79 Å². The Kier molecular flexibility index (Phi) is 3.89. The van der Waals surface area contributed by atoms with E-state index in [0.29, 0.717) is 17.1 Å². The second-order valence-corrected chi connectivity index (χ2v) is 7.57. The van der Waals surface area contributed by atoms with Gasteiger partial charge in [-0.1, -0.05) is 6.07 Å². The van der Waals surface area contributed by atoms with Crippen LogP contribution in [0.15, 0.2) is 48.9 Å². The molecule has 5 rings (SSSR count). The number of nitrogens with zero attached hydrogens (tertiary/aromatic N) is 4. The Labute approximate surface area is 169 Å². The van der Waals surface area contributed by atoms with E-state index < -0.39 is 0 Å². The molecule has 2 N–H and O–H groups in total. The zero-order valence-corrected chi connectivity index (χ0v) is 16.1. The number of carbonyl (C=O) groups excluding carboxylic acids is 1. The molecular formula is C21H14N6OS. The van der Waals surface area contributed by atoms with Crippen LogP contribution in [0.5, 0.6) is 0 Å². The Morgan fingerprint density at radius 2 is 2.14 bits per heavy atom. The summed E-state index contributed by atoms with van der Waals surface area (Å²) in [5, 5.41) is 15.0. The molecule has 4 heterocycles. The number of pyridine rings is 1. The maximum Gasteiger partial charge on any atom is 0.185 e. The Hall–Kier alpha value is -3.96. The molecule has 29 heavy (non-hydrogen) atoms. The molecule has 1 aromatic carbocycles.